The van der Waals surface area contributed by atoms with E-state index in [1.807, 2.05) is 16.3 Å². The molecular formula is C9H10N4S. The van der Waals surface area contributed by atoms with Crippen molar-refractivity contribution in [1.82, 2.24) is 15.0 Å². The van der Waals surface area contributed by atoms with Gasteiger partial charge in [0.15, 0.2) is 5.13 Å². The Balaban J connectivity index is 2.31. The molecule has 0 atom stereocenters. The van der Waals surface area contributed by atoms with Gasteiger partial charge in [0.1, 0.15) is 12.1 Å². The number of hydrogen-bond donors (Lipinski definition) is 0. The summed E-state index contributed by atoms with van der Waals surface area (Å²) in [4.78, 5) is 14.4. The van der Waals surface area contributed by atoms with E-state index >= 15 is 0 Å². The van der Waals surface area contributed by atoms with Gasteiger partial charge in [-0.15, -0.1) is 11.3 Å². The van der Waals surface area contributed by atoms with E-state index in [1.165, 1.54) is 0 Å². The number of rotatable bonds is 3. The molecule has 4 nitrogen and oxygen atoms in total. The summed E-state index contributed by atoms with van der Waals surface area (Å²) in [6, 6.07) is 1.88. The second kappa shape index (κ2) is 4.15. The van der Waals surface area contributed by atoms with Crippen molar-refractivity contribution < 1.29 is 0 Å². The molecule has 0 bridgehead atoms. The normalized spacial score (nSPS) is 10.1. The predicted molar refractivity (Wildman–Crippen MR) is 56.8 cm³/mol. The van der Waals surface area contributed by atoms with Crippen molar-refractivity contribution in [2.24, 2.45) is 0 Å². The van der Waals surface area contributed by atoms with Gasteiger partial charge in [-0.3, -0.25) is 0 Å². The fourth-order valence-corrected chi connectivity index (χ4v) is 1.90. The highest BCUT2D eigenvalue weighted by atomic mass is 32.1. The van der Waals surface area contributed by atoms with Gasteiger partial charge in [0, 0.05) is 24.3 Å². The SMILES string of the molecule is CCN(c1ccncn1)c1nccs1. The van der Waals surface area contributed by atoms with E-state index in [4.69, 9.17) is 0 Å². The van der Waals surface area contributed by atoms with Crippen LogP contribution in [0.4, 0.5) is 10.9 Å². The van der Waals surface area contributed by atoms with Gasteiger partial charge in [-0.05, 0) is 13.0 Å². The first-order chi connectivity index (χ1) is 6.92. The zero-order valence-corrected chi connectivity index (χ0v) is 8.61. The van der Waals surface area contributed by atoms with Crippen LogP contribution < -0.4 is 4.90 Å². The Bertz CT molecular complexity index is 373. The molecule has 2 aromatic heterocycles. The second-order valence-electron chi connectivity index (χ2n) is 2.63. The van der Waals surface area contributed by atoms with E-state index in [0.717, 1.165) is 17.5 Å². The molecule has 0 amide bonds. The van der Waals surface area contributed by atoms with Gasteiger partial charge < -0.3 is 4.90 Å². The van der Waals surface area contributed by atoms with Gasteiger partial charge in [0.25, 0.3) is 0 Å². The van der Waals surface area contributed by atoms with E-state index in [0.29, 0.717) is 0 Å². The number of nitrogens with zero attached hydrogens (tertiary/aromatic N) is 4. The fourth-order valence-electron chi connectivity index (χ4n) is 1.19. The lowest BCUT2D eigenvalue weighted by atomic mass is 10.5. The van der Waals surface area contributed by atoms with E-state index in [9.17, 15) is 0 Å². The summed E-state index contributed by atoms with van der Waals surface area (Å²) in [7, 11) is 0. The standard InChI is InChI=1S/C9H10N4S/c1-2-13(9-11-5-6-14-9)8-3-4-10-7-12-8/h3-7H,2H2,1H3. The number of anilines is 2. The van der Waals surface area contributed by atoms with Crippen LogP contribution in [0.3, 0.4) is 0 Å². The maximum atomic E-state index is 4.25. The Kier molecular flexibility index (Phi) is 2.69. The number of thiazole rings is 1. The first-order valence-corrected chi connectivity index (χ1v) is 5.23. The first kappa shape index (κ1) is 9.08. The maximum absolute atomic E-state index is 4.25. The van der Waals surface area contributed by atoms with Crippen LogP contribution in [-0.4, -0.2) is 21.5 Å². The van der Waals surface area contributed by atoms with Gasteiger partial charge in [-0.2, -0.15) is 0 Å². The van der Waals surface area contributed by atoms with Crippen LogP contribution in [0.5, 0.6) is 0 Å². The van der Waals surface area contributed by atoms with Crippen molar-refractivity contribution in [2.45, 2.75) is 6.92 Å². The molecule has 0 aliphatic carbocycles. The van der Waals surface area contributed by atoms with Crippen molar-refractivity contribution >= 4 is 22.3 Å². The largest absolute Gasteiger partial charge is 0.303 e. The number of aromatic nitrogens is 3. The molecule has 0 radical (unpaired) electrons. The third-order valence-corrected chi connectivity index (χ3v) is 2.60. The Morgan fingerprint density at radius 1 is 1.36 bits per heavy atom. The fraction of sp³-hybridized carbons (Fsp3) is 0.222. The predicted octanol–water partition coefficient (Wildman–Crippen LogP) is 2.09. The summed E-state index contributed by atoms with van der Waals surface area (Å²) < 4.78 is 0. The molecule has 14 heavy (non-hydrogen) atoms. The summed E-state index contributed by atoms with van der Waals surface area (Å²) >= 11 is 1.60. The van der Waals surface area contributed by atoms with Gasteiger partial charge in [-0.25, -0.2) is 15.0 Å². The molecule has 0 fully saturated rings. The van der Waals surface area contributed by atoms with Gasteiger partial charge in [0.05, 0.1) is 0 Å². The Labute approximate surface area is 86.3 Å². The molecule has 0 unspecified atom stereocenters. The molecule has 0 aliphatic heterocycles. The topological polar surface area (TPSA) is 41.9 Å². The first-order valence-electron chi connectivity index (χ1n) is 4.35. The van der Waals surface area contributed by atoms with Crippen LogP contribution in [0.2, 0.25) is 0 Å². The van der Waals surface area contributed by atoms with Gasteiger partial charge in [-0.1, -0.05) is 0 Å². The summed E-state index contributed by atoms with van der Waals surface area (Å²) in [6.07, 6.45) is 5.08. The lowest BCUT2D eigenvalue weighted by Gasteiger charge is -2.17. The van der Waals surface area contributed by atoms with E-state index in [1.54, 1.807) is 30.1 Å². The van der Waals surface area contributed by atoms with E-state index in [2.05, 4.69) is 21.9 Å². The summed E-state index contributed by atoms with van der Waals surface area (Å²) in [5.41, 5.74) is 0. The Hall–Kier alpha value is -1.49. The monoisotopic (exact) mass is 206 g/mol. The van der Waals surface area contributed by atoms with Crippen molar-refractivity contribution in [3.8, 4) is 0 Å². The zero-order valence-electron chi connectivity index (χ0n) is 7.79. The van der Waals surface area contributed by atoms with Crippen LogP contribution in [0.15, 0.2) is 30.2 Å². The summed E-state index contributed by atoms with van der Waals surface area (Å²) in [5, 5.41) is 2.92. The van der Waals surface area contributed by atoms with E-state index in [-0.39, 0.29) is 0 Å². The number of hydrogen-bond acceptors (Lipinski definition) is 5. The molecule has 2 rings (SSSR count). The molecule has 2 aromatic rings. The highest BCUT2D eigenvalue weighted by molar-refractivity contribution is 7.13. The Morgan fingerprint density at radius 3 is 2.86 bits per heavy atom. The lowest BCUT2D eigenvalue weighted by Crippen LogP contribution is -2.16. The van der Waals surface area contributed by atoms with Crippen LogP contribution in [0, 0.1) is 0 Å². The quantitative estimate of drug-likeness (QED) is 0.771. The molecule has 0 spiro atoms. The van der Waals surface area contributed by atoms with Crippen LogP contribution in [-0.2, 0) is 0 Å². The van der Waals surface area contributed by atoms with Crippen LogP contribution >= 0.6 is 11.3 Å². The zero-order chi connectivity index (χ0) is 9.80. The highest BCUT2D eigenvalue weighted by Gasteiger charge is 2.09. The smallest absolute Gasteiger partial charge is 0.190 e. The van der Waals surface area contributed by atoms with Crippen molar-refractivity contribution in [2.75, 3.05) is 11.4 Å². The minimum absolute atomic E-state index is 0.852. The third-order valence-electron chi connectivity index (χ3n) is 1.81. The van der Waals surface area contributed by atoms with E-state index < -0.39 is 0 Å². The molecule has 0 saturated carbocycles. The minimum atomic E-state index is 0.852. The summed E-state index contributed by atoms with van der Waals surface area (Å²) in [5.74, 6) is 0.887. The highest BCUT2D eigenvalue weighted by Crippen LogP contribution is 2.24. The Morgan fingerprint density at radius 2 is 2.29 bits per heavy atom. The molecular weight excluding hydrogens is 196 g/mol. The summed E-state index contributed by atoms with van der Waals surface area (Å²) in [6.45, 7) is 2.92. The van der Waals surface area contributed by atoms with Crippen molar-refractivity contribution in [3.05, 3.63) is 30.2 Å². The van der Waals surface area contributed by atoms with Crippen LogP contribution in [0.1, 0.15) is 6.92 Å². The molecule has 0 saturated heterocycles. The second-order valence-corrected chi connectivity index (χ2v) is 3.50. The molecule has 0 aromatic carbocycles. The molecule has 72 valence electrons. The lowest BCUT2D eigenvalue weighted by molar-refractivity contribution is 0.967. The molecule has 0 N–H and O–H groups in total. The van der Waals surface area contributed by atoms with Gasteiger partial charge >= 0.3 is 0 Å². The third kappa shape index (κ3) is 1.72. The molecule has 0 aliphatic rings. The molecule has 5 heteroatoms. The maximum Gasteiger partial charge on any atom is 0.190 e. The van der Waals surface area contributed by atoms with Crippen LogP contribution in [0.25, 0.3) is 0 Å². The average molecular weight is 206 g/mol. The minimum Gasteiger partial charge on any atom is -0.303 e. The molecule has 2 heterocycles. The average Bonchev–Trinajstić information content (AvgIpc) is 2.74. The van der Waals surface area contributed by atoms with Gasteiger partial charge in [0.2, 0.25) is 0 Å². The van der Waals surface area contributed by atoms with Crippen molar-refractivity contribution in [3.63, 3.8) is 0 Å². The van der Waals surface area contributed by atoms with Crippen molar-refractivity contribution in [1.29, 1.82) is 0 Å².